The van der Waals surface area contributed by atoms with Crippen molar-refractivity contribution in [1.82, 2.24) is 10.2 Å². The van der Waals surface area contributed by atoms with E-state index in [2.05, 4.69) is 16.3 Å². The van der Waals surface area contributed by atoms with Gasteiger partial charge in [-0.3, -0.25) is 5.10 Å². The molecule has 3 nitrogen and oxygen atoms in total. The first-order valence-corrected chi connectivity index (χ1v) is 5.11. The first-order chi connectivity index (χ1) is 7.06. The van der Waals surface area contributed by atoms with Gasteiger partial charge in [-0.15, -0.1) is 0 Å². The fourth-order valence-electron chi connectivity index (χ4n) is 1.88. The monoisotopic (exact) mass is 204 g/mol. The van der Waals surface area contributed by atoms with Crippen molar-refractivity contribution in [2.24, 2.45) is 0 Å². The number of fused-ring (bicyclic) bond motifs is 1. The maximum Gasteiger partial charge on any atom is 0.0926 e. The van der Waals surface area contributed by atoms with Gasteiger partial charge in [0.25, 0.3) is 0 Å². The molecule has 0 saturated heterocycles. The number of nitrogens with one attached hydrogen (secondary N) is 1. The van der Waals surface area contributed by atoms with E-state index in [1.165, 1.54) is 0 Å². The van der Waals surface area contributed by atoms with Crippen molar-refractivity contribution in [3.05, 3.63) is 29.5 Å². The molecule has 0 aliphatic heterocycles. The van der Waals surface area contributed by atoms with Crippen LogP contribution in [-0.4, -0.2) is 21.9 Å². The second-order valence-corrected chi connectivity index (χ2v) is 4.59. The molecular weight excluding hydrogens is 188 g/mol. The number of hydrogen-bond donors (Lipinski definition) is 2. The Morgan fingerprint density at radius 1 is 1.40 bits per heavy atom. The molecule has 2 N–H and O–H groups in total. The summed E-state index contributed by atoms with van der Waals surface area (Å²) in [5.74, 6) is 0. The maximum absolute atomic E-state index is 9.40. The lowest BCUT2D eigenvalue weighted by Crippen LogP contribution is -2.22. The highest BCUT2D eigenvalue weighted by Gasteiger charge is 2.23. The van der Waals surface area contributed by atoms with Crippen LogP contribution >= 0.6 is 0 Å². The van der Waals surface area contributed by atoms with Crippen molar-refractivity contribution < 1.29 is 5.11 Å². The van der Waals surface area contributed by atoms with E-state index in [4.69, 9.17) is 0 Å². The van der Waals surface area contributed by atoms with Crippen LogP contribution in [0.2, 0.25) is 0 Å². The van der Waals surface area contributed by atoms with Crippen LogP contribution in [0, 0.1) is 6.92 Å². The summed E-state index contributed by atoms with van der Waals surface area (Å²) < 4.78 is 0. The normalized spacial score (nSPS) is 12.3. The van der Waals surface area contributed by atoms with Crippen molar-refractivity contribution in [2.45, 2.75) is 26.2 Å². The Morgan fingerprint density at radius 2 is 2.13 bits per heavy atom. The molecule has 0 amide bonds. The molecule has 15 heavy (non-hydrogen) atoms. The lowest BCUT2D eigenvalue weighted by Gasteiger charge is -2.23. The average Bonchev–Trinajstić information content (AvgIpc) is 2.60. The van der Waals surface area contributed by atoms with Gasteiger partial charge in [0.05, 0.1) is 12.1 Å². The molecule has 1 aromatic heterocycles. The van der Waals surface area contributed by atoms with E-state index in [0.29, 0.717) is 0 Å². The first-order valence-electron chi connectivity index (χ1n) is 5.11. The zero-order chi connectivity index (χ0) is 11.1. The molecular formula is C12H16N2O. The van der Waals surface area contributed by atoms with Crippen LogP contribution < -0.4 is 0 Å². The third kappa shape index (κ3) is 1.53. The molecule has 0 saturated carbocycles. The van der Waals surface area contributed by atoms with Crippen LogP contribution in [-0.2, 0) is 5.41 Å². The zero-order valence-electron chi connectivity index (χ0n) is 9.33. The van der Waals surface area contributed by atoms with Crippen LogP contribution in [0.25, 0.3) is 10.9 Å². The number of aryl methyl sites for hydroxylation is 1. The van der Waals surface area contributed by atoms with Gasteiger partial charge in [-0.05, 0) is 18.6 Å². The summed E-state index contributed by atoms with van der Waals surface area (Å²) in [4.78, 5) is 0. The van der Waals surface area contributed by atoms with E-state index < -0.39 is 0 Å². The Bertz CT molecular complexity index is 485. The molecule has 2 rings (SSSR count). The van der Waals surface area contributed by atoms with Crippen LogP contribution in [0.15, 0.2) is 18.2 Å². The number of H-pyrrole nitrogens is 1. The summed E-state index contributed by atoms with van der Waals surface area (Å²) in [6.45, 7) is 6.21. The molecule has 0 bridgehead atoms. The minimum Gasteiger partial charge on any atom is -0.395 e. The zero-order valence-corrected chi connectivity index (χ0v) is 9.33. The first kappa shape index (κ1) is 10.2. The highest BCUT2D eigenvalue weighted by Crippen LogP contribution is 2.30. The Hall–Kier alpha value is -1.35. The molecule has 0 aliphatic carbocycles. The fraction of sp³-hybridized carbons (Fsp3) is 0.417. The number of aromatic amines is 1. The minimum atomic E-state index is -0.228. The molecule has 0 aliphatic rings. The standard InChI is InChI=1S/C12H16N2O/c1-8-11-9(12(2,3)7-15)5-4-6-10(11)14-13-8/h4-6,15H,7H2,1-3H3,(H,13,14). The van der Waals surface area contributed by atoms with Crippen LogP contribution in [0.1, 0.15) is 25.1 Å². The van der Waals surface area contributed by atoms with Crippen LogP contribution in [0.5, 0.6) is 0 Å². The highest BCUT2D eigenvalue weighted by molar-refractivity contribution is 5.85. The van der Waals surface area contributed by atoms with Crippen molar-refractivity contribution >= 4 is 10.9 Å². The second kappa shape index (κ2) is 3.35. The summed E-state index contributed by atoms with van der Waals surface area (Å²) in [7, 11) is 0. The van der Waals surface area contributed by atoms with E-state index in [0.717, 1.165) is 22.2 Å². The van der Waals surface area contributed by atoms with Crippen LogP contribution in [0.4, 0.5) is 0 Å². The molecule has 0 unspecified atom stereocenters. The van der Waals surface area contributed by atoms with Gasteiger partial charge in [-0.2, -0.15) is 5.10 Å². The third-order valence-corrected chi connectivity index (χ3v) is 2.89. The Labute approximate surface area is 89.1 Å². The Kier molecular flexibility index (Phi) is 2.27. The summed E-state index contributed by atoms with van der Waals surface area (Å²) in [6.07, 6.45) is 0. The molecule has 80 valence electrons. The molecule has 3 heteroatoms. The number of aromatic nitrogens is 2. The molecule has 0 spiro atoms. The molecule has 0 atom stereocenters. The molecule has 0 fully saturated rings. The van der Waals surface area contributed by atoms with Crippen molar-refractivity contribution in [1.29, 1.82) is 0 Å². The van der Waals surface area contributed by atoms with Gasteiger partial charge in [-0.25, -0.2) is 0 Å². The summed E-state index contributed by atoms with van der Waals surface area (Å²) in [5.41, 5.74) is 2.94. The Balaban J connectivity index is 2.75. The van der Waals surface area contributed by atoms with E-state index in [9.17, 15) is 5.11 Å². The van der Waals surface area contributed by atoms with Gasteiger partial charge >= 0.3 is 0 Å². The lowest BCUT2D eigenvalue weighted by molar-refractivity contribution is 0.219. The second-order valence-electron chi connectivity index (χ2n) is 4.59. The number of aliphatic hydroxyl groups is 1. The molecule has 0 radical (unpaired) electrons. The van der Waals surface area contributed by atoms with Gasteiger partial charge in [0.2, 0.25) is 0 Å². The topological polar surface area (TPSA) is 48.9 Å². The number of hydrogen-bond acceptors (Lipinski definition) is 2. The smallest absolute Gasteiger partial charge is 0.0926 e. The fourth-order valence-corrected chi connectivity index (χ4v) is 1.88. The van der Waals surface area contributed by atoms with Crippen molar-refractivity contribution in [3.63, 3.8) is 0 Å². The van der Waals surface area contributed by atoms with Crippen LogP contribution in [0.3, 0.4) is 0 Å². The lowest BCUT2D eigenvalue weighted by atomic mass is 9.83. The van der Waals surface area contributed by atoms with E-state index in [1.54, 1.807) is 0 Å². The number of benzene rings is 1. The number of rotatable bonds is 2. The van der Waals surface area contributed by atoms with Gasteiger partial charge in [0.15, 0.2) is 0 Å². The minimum absolute atomic E-state index is 0.136. The van der Waals surface area contributed by atoms with Gasteiger partial charge in [-0.1, -0.05) is 26.0 Å². The average molecular weight is 204 g/mol. The quantitative estimate of drug-likeness (QED) is 0.787. The summed E-state index contributed by atoms with van der Waals surface area (Å²) in [6, 6.07) is 6.02. The molecule has 1 aromatic carbocycles. The van der Waals surface area contributed by atoms with Crippen molar-refractivity contribution in [2.75, 3.05) is 6.61 Å². The predicted molar refractivity (Wildman–Crippen MR) is 60.9 cm³/mol. The highest BCUT2D eigenvalue weighted by atomic mass is 16.3. The van der Waals surface area contributed by atoms with E-state index >= 15 is 0 Å². The van der Waals surface area contributed by atoms with Gasteiger partial charge < -0.3 is 5.11 Å². The largest absolute Gasteiger partial charge is 0.395 e. The number of aliphatic hydroxyl groups excluding tert-OH is 1. The van der Waals surface area contributed by atoms with E-state index in [-0.39, 0.29) is 12.0 Å². The summed E-state index contributed by atoms with van der Waals surface area (Å²) in [5, 5.41) is 17.7. The van der Waals surface area contributed by atoms with Gasteiger partial charge in [0, 0.05) is 16.5 Å². The van der Waals surface area contributed by atoms with Crippen molar-refractivity contribution in [3.8, 4) is 0 Å². The maximum atomic E-state index is 9.40. The van der Waals surface area contributed by atoms with E-state index in [1.807, 2.05) is 32.9 Å². The summed E-state index contributed by atoms with van der Waals surface area (Å²) >= 11 is 0. The molecule has 1 heterocycles. The molecule has 2 aromatic rings. The third-order valence-electron chi connectivity index (χ3n) is 2.89. The SMILES string of the molecule is Cc1[nH]nc2cccc(C(C)(C)CO)c12. The van der Waals surface area contributed by atoms with Gasteiger partial charge in [0.1, 0.15) is 0 Å². The predicted octanol–water partition coefficient (Wildman–Crippen LogP) is 2.14. The Morgan fingerprint density at radius 3 is 2.80 bits per heavy atom. The number of nitrogens with zero attached hydrogens (tertiary/aromatic N) is 1.